The molecular weight excluding hydrogens is 256 g/mol. The Balaban J connectivity index is 1.72. The molecule has 1 unspecified atom stereocenters. The number of halogens is 1. The number of nitrogens with one attached hydrogen (secondary N) is 1. The molecule has 1 aliphatic rings. The van der Waals surface area contributed by atoms with Gasteiger partial charge in [-0.15, -0.1) is 5.11 Å². The fraction of sp³-hybridized carbons (Fsp3) is 0.455. The van der Waals surface area contributed by atoms with Crippen LogP contribution in [0.2, 0.25) is 5.02 Å². The van der Waals surface area contributed by atoms with E-state index in [1.807, 2.05) is 18.2 Å². The predicted octanol–water partition coefficient (Wildman–Crippen LogP) is 1.71. The highest BCUT2D eigenvalue weighted by molar-refractivity contribution is 6.32. The molecule has 0 amide bonds. The van der Waals surface area contributed by atoms with Crippen molar-refractivity contribution in [3.05, 3.63) is 29.3 Å². The van der Waals surface area contributed by atoms with Crippen molar-refractivity contribution >= 4 is 11.6 Å². The van der Waals surface area contributed by atoms with Gasteiger partial charge in [-0.3, -0.25) is 5.32 Å². The molecule has 0 bridgehead atoms. The Morgan fingerprint density at radius 1 is 1.50 bits per heavy atom. The third-order valence-electron chi connectivity index (χ3n) is 2.57. The van der Waals surface area contributed by atoms with Crippen molar-refractivity contribution in [1.29, 1.82) is 0 Å². The second-order valence-corrected chi connectivity index (χ2v) is 4.25. The monoisotopic (exact) mass is 270 g/mol. The summed E-state index contributed by atoms with van der Waals surface area (Å²) in [5, 5.41) is 10.6. The fourth-order valence-electron chi connectivity index (χ4n) is 1.67. The summed E-state index contributed by atoms with van der Waals surface area (Å²) in [6, 6.07) is 7.57. The van der Waals surface area contributed by atoms with Gasteiger partial charge in [0.05, 0.1) is 18.2 Å². The van der Waals surface area contributed by atoms with Gasteiger partial charge < -0.3 is 15.3 Å². The predicted molar refractivity (Wildman–Crippen MR) is 67.3 cm³/mol. The maximum absolute atomic E-state index is 5.98. The van der Waals surface area contributed by atoms with Crippen molar-refractivity contribution < 1.29 is 9.47 Å². The molecule has 1 heterocycles. The lowest BCUT2D eigenvalue weighted by Gasteiger charge is -2.11. The molecule has 0 spiro atoms. The van der Waals surface area contributed by atoms with Crippen molar-refractivity contribution in [2.45, 2.75) is 18.8 Å². The molecule has 0 radical (unpaired) electrons. The first-order valence-electron chi connectivity index (χ1n) is 5.64. The van der Waals surface area contributed by atoms with E-state index in [4.69, 9.17) is 26.9 Å². The van der Waals surface area contributed by atoms with E-state index in [1.54, 1.807) is 6.07 Å². The van der Waals surface area contributed by atoms with Gasteiger partial charge in [-0.1, -0.05) is 29.0 Å². The lowest BCUT2D eigenvalue weighted by molar-refractivity contribution is 0.100. The Morgan fingerprint density at radius 3 is 3.11 bits per heavy atom. The first-order valence-corrected chi connectivity index (χ1v) is 6.02. The summed E-state index contributed by atoms with van der Waals surface area (Å²) in [4.78, 5) is 0. The number of benzene rings is 1. The molecule has 7 heteroatoms. The van der Waals surface area contributed by atoms with Gasteiger partial charge >= 0.3 is 0 Å². The van der Waals surface area contributed by atoms with Crippen molar-refractivity contribution in [3.8, 4) is 5.75 Å². The minimum Gasteiger partial charge on any atom is -0.492 e. The smallest absolute Gasteiger partial charge is 0.226 e. The quantitative estimate of drug-likeness (QED) is 0.485. The average molecular weight is 271 g/mol. The molecule has 1 aromatic rings. The third kappa shape index (κ3) is 3.56. The maximum atomic E-state index is 5.98. The number of hydrogen-bond donors (Lipinski definition) is 2. The van der Waals surface area contributed by atoms with Gasteiger partial charge in [-0.2, -0.15) is 0 Å². The second kappa shape index (κ2) is 6.53. The number of ether oxygens (including phenoxy) is 2. The minimum atomic E-state index is -0.444. The Morgan fingerprint density at radius 2 is 2.33 bits per heavy atom. The van der Waals surface area contributed by atoms with Crippen LogP contribution in [0.3, 0.4) is 0 Å². The third-order valence-corrected chi connectivity index (χ3v) is 2.88. The molecule has 2 rings (SSSR count). The number of para-hydroxylation sites is 1. The Labute approximate surface area is 110 Å². The average Bonchev–Trinajstić information content (AvgIpc) is 2.80. The molecule has 1 saturated heterocycles. The molecule has 1 fully saturated rings. The van der Waals surface area contributed by atoms with E-state index >= 15 is 0 Å². The van der Waals surface area contributed by atoms with Gasteiger partial charge in [0.1, 0.15) is 5.75 Å². The van der Waals surface area contributed by atoms with E-state index in [0.29, 0.717) is 24.0 Å². The van der Waals surface area contributed by atoms with Gasteiger partial charge in [0.15, 0.2) is 0 Å². The highest BCUT2D eigenvalue weighted by Gasteiger charge is 2.23. The number of nitrogens with zero attached hydrogens (tertiary/aromatic N) is 2. The Hall–Kier alpha value is -1.37. The van der Waals surface area contributed by atoms with E-state index in [1.165, 1.54) is 0 Å². The molecule has 0 aliphatic carbocycles. The van der Waals surface area contributed by atoms with Crippen LogP contribution >= 0.6 is 11.6 Å². The van der Waals surface area contributed by atoms with Gasteiger partial charge in [0.2, 0.25) is 6.35 Å². The molecular formula is C11H15ClN4O2. The highest BCUT2D eigenvalue weighted by Crippen LogP contribution is 2.23. The summed E-state index contributed by atoms with van der Waals surface area (Å²) in [5.41, 5.74) is 0. The SMILES string of the molecule is NN=NC1N[C@@H](CCOc2ccccc2Cl)CO1. The standard InChI is InChI=1S/C11H15ClN4O2/c12-9-3-1-2-4-10(9)17-6-5-8-7-18-11(14-8)15-16-13/h1-4,8,11,14H,5-7H2,(H2,13,15)/t8-,11?/m0/s1. The lowest BCUT2D eigenvalue weighted by atomic mass is 10.2. The summed E-state index contributed by atoms with van der Waals surface area (Å²) < 4.78 is 10.9. The van der Waals surface area contributed by atoms with E-state index in [2.05, 4.69) is 15.7 Å². The van der Waals surface area contributed by atoms with E-state index in [9.17, 15) is 0 Å². The van der Waals surface area contributed by atoms with Gasteiger partial charge in [0, 0.05) is 6.04 Å². The largest absolute Gasteiger partial charge is 0.492 e. The maximum Gasteiger partial charge on any atom is 0.226 e. The van der Waals surface area contributed by atoms with E-state index < -0.39 is 6.35 Å². The van der Waals surface area contributed by atoms with E-state index in [-0.39, 0.29) is 6.04 Å². The minimum absolute atomic E-state index is 0.183. The zero-order chi connectivity index (χ0) is 12.8. The Bertz CT molecular complexity index is 416. The van der Waals surface area contributed by atoms with Crippen LogP contribution in [0, 0.1) is 0 Å². The molecule has 98 valence electrons. The van der Waals surface area contributed by atoms with Crippen LogP contribution in [0.4, 0.5) is 0 Å². The van der Waals surface area contributed by atoms with Crippen molar-refractivity contribution in [2.75, 3.05) is 13.2 Å². The van der Waals surface area contributed by atoms with Crippen LogP contribution in [0.15, 0.2) is 34.6 Å². The van der Waals surface area contributed by atoms with E-state index in [0.717, 1.165) is 6.42 Å². The lowest BCUT2D eigenvalue weighted by Crippen LogP contribution is -2.30. The molecule has 1 aromatic carbocycles. The van der Waals surface area contributed by atoms with Crippen molar-refractivity contribution in [1.82, 2.24) is 5.32 Å². The zero-order valence-electron chi connectivity index (χ0n) is 9.75. The molecule has 0 saturated carbocycles. The molecule has 18 heavy (non-hydrogen) atoms. The normalized spacial score (nSPS) is 23.6. The summed E-state index contributed by atoms with van der Waals surface area (Å²) in [7, 11) is 0. The zero-order valence-corrected chi connectivity index (χ0v) is 10.5. The van der Waals surface area contributed by atoms with Gasteiger partial charge in [-0.25, -0.2) is 0 Å². The van der Waals surface area contributed by atoms with Crippen LogP contribution in [0.25, 0.3) is 0 Å². The first-order chi connectivity index (χ1) is 8.79. The van der Waals surface area contributed by atoms with Crippen LogP contribution in [-0.4, -0.2) is 25.6 Å². The van der Waals surface area contributed by atoms with Gasteiger partial charge in [-0.05, 0) is 18.6 Å². The van der Waals surface area contributed by atoms with Crippen LogP contribution in [-0.2, 0) is 4.74 Å². The summed E-state index contributed by atoms with van der Waals surface area (Å²) in [5.74, 6) is 5.64. The highest BCUT2D eigenvalue weighted by atomic mass is 35.5. The summed E-state index contributed by atoms with van der Waals surface area (Å²) >= 11 is 5.98. The summed E-state index contributed by atoms with van der Waals surface area (Å²) in [6.45, 7) is 1.12. The van der Waals surface area contributed by atoms with Gasteiger partial charge in [0.25, 0.3) is 0 Å². The molecule has 6 nitrogen and oxygen atoms in total. The molecule has 2 atom stereocenters. The Kier molecular flexibility index (Phi) is 4.74. The summed E-state index contributed by atoms with van der Waals surface area (Å²) in [6.07, 6.45) is 0.349. The number of hydrogen-bond acceptors (Lipinski definition) is 5. The molecule has 0 aromatic heterocycles. The first kappa shape index (κ1) is 13.1. The molecule has 1 aliphatic heterocycles. The molecule has 3 N–H and O–H groups in total. The fourth-order valence-corrected chi connectivity index (χ4v) is 1.86. The van der Waals surface area contributed by atoms with Crippen molar-refractivity contribution in [2.24, 2.45) is 16.2 Å². The number of nitrogens with two attached hydrogens (primary N) is 1. The van der Waals surface area contributed by atoms with Crippen LogP contribution in [0.5, 0.6) is 5.75 Å². The van der Waals surface area contributed by atoms with Crippen molar-refractivity contribution in [3.63, 3.8) is 0 Å². The second-order valence-electron chi connectivity index (χ2n) is 3.85. The number of rotatable bonds is 5. The van der Waals surface area contributed by atoms with Crippen LogP contribution < -0.4 is 15.9 Å². The van der Waals surface area contributed by atoms with Crippen LogP contribution in [0.1, 0.15) is 6.42 Å². The topological polar surface area (TPSA) is 81.2 Å².